The third kappa shape index (κ3) is 25.5. The van der Waals surface area contributed by atoms with Crippen molar-refractivity contribution in [1.82, 2.24) is 44.5 Å². The average Bonchev–Trinajstić information content (AvgIpc) is 1.63. The third-order valence-corrected chi connectivity index (χ3v) is 23.9. The van der Waals surface area contributed by atoms with Crippen LogP contribution in [-0.4, -0.2) is 124 Å². The highest BCUT2D eigenvalue weighted by molar-refractivity contribution is 7.93. The van der Waals surface area contributed by atoms with Gasteiger partial charge in [-0.25, -0.2) is 55.9 Å². The quantitative estimate of drug-likeness (QED) is 0.0445. The standard InChI is InChI=1S/C22H18ClFO.C22H16F2N4O2.C21H21ClN4O2.C18H17FN4O2S.C16H15ClO2S/c1-14-5-3-4-6-19(14)22(25)20-10-7-16(13-21(20)23)12-17-8-9-18(24)11-15(17)2;1-13-3-2-4-17(24)16(13)11-19(29)27-22-20(18-9-10-25-12-26-18)21(28-30-22)14-5-7-15(23)8-6-14;22-16-3-1-15(2-4-16)21-20(18-5-8-23-13-25-18)17(11-24-21)14-6-9-26(10-7-14)19(28)12-27;1-11(24)21-15-10-13(8-9-20-15)17-16(12-4-6-14(19)7-5-12)22-18(23(17)2)26(3)25;1-13-2-4-14(5-3-13)10-11-20(18,19)12-15-6-8-16(17)9-7-15/h3-11,13H,12H2,1-2H3;2-10,12H,11H2,1H3,(H,27,29);1-5,8,13-14,27H,6-7,9-12H2;4-10H,1-3H3,(H,20,21,24);2-11H,12H2,1H3/b;;;;11-10+. The van der Waals surface area contributed by atoms with E-state index in [-0.39, 0.29) is 53.1 Å². The number of hydrogen-bond acceptors (Lipinski definition) is 17. The zero-order valence-corrected chi connectivity index (χ0v) is 74.9. The molecule has 1 unspecified atom stereocenters. The first-order valence-corrected chi connectivity index (χ1v) is 44.9. The number of piperidine rings is 1. The van der Waals surface area contributed by atoms with Gasteiger partial charge in [0.05, 0.1) is 68.6 Å². The number of aliphatic imine (C=N–C) groups is 1. The van der Waals surface area contributed by atoms with Crippen molar-refractivity contribution in [2.45, 2.75) is 71.2 Å². The fraction of sp³-hybridized carbons (Fsp3) is 0.172. The predicted octanol–water partition coefficient (Wildman–Crippen LogP) is 20.3. The van der Waals surface area contributed by atoms with Gasteiger partial charge in [-0.2, -0.15) is 0 Å². The molecule has 0 aliphatic carbocycles. The van der Waals surface area contributed by atoms with E-state index in [1.54, 1.807) is 145 Å². The molecule has 3 N–H and O–H groups in total. The largest absolute Gasteiger partial charge is 0.387 e. The predicted molar refractivity (Wildman–Crippen MR) is 497 cm³/mol. The SMILES string of the molecule is CC(=O)Nc1cc(-c2c(-c3ccc(F)cc3)nc(S(C)=O)n2C)ccn1.Cc1cc(F)ccc1Cc1ccc(C(=O)c2ccccc2C)c(Cl)c1.Cc1ccc(/C=C/S(=O)(=O)Cc2ccc(Cl)cc2)cc1.Cc1cccc(F)c1CC(=O)Nc1onc(-c2ccc(F)cc2)c1-c1ccncn1.O=C(CO)N1CCC(C2=C(c3ccncn3)C(c3ccc(Cl)cc3)=NC2)CC1. The lowest BCUT2D eigenvalue weighted by atomic mass is 9.84. The number of carbonyl (C=O) groups is 4. The summed E-state index contributed by atoms with van der Waals surface area (Å²) in [7, 11) is -2.81. The number of sulfone groups is 1. The van der Waals surface area contributed by atoms with Gasteiger partial charge < -0.3 is 24.4 Å². The second-order valence-electron chi connectivity index (χ2n) is 30.2. The monoisotopic (exact) mass is 1830 g/mol. The molecule has 2 aliphatic heterocycles. The number of aromatic nitrogens is 8. The maximum atomic E-state index is 14.1. The summed E-state index contributed by atoms with van der Waals surface area (Å²) >= 11 is 18.2. The van der Waals surface area contributed by atoms with E-state index in [1.807, 2.05) is 112 Å². The maximum Gasteiger partial charge on any atom is 0.248 e. The van der Waals surface area contributed by atoms with Gasteiger partial charge >= 0.3 is 0 Å². The molecule has 16 rings (SSSR count). The second-order valence-corrected chi connectivity index (χ2v) is 34.6. The molecule has 1 atom stereocenters. The summed E-state index contributed by atoms with van der Waals surface area (Å²) in [5.74, 6) is -1.62. The van der Waals surface area contributed by atoms with Crippen molar-refractivity contribution in [1.29, 1.82) is 0 Å². The van der Waals surface area contributed by atoms with Crippen molar-refractivity contribution in [2.24, 2.45) is 18.0 Å². The Morgan fingerprint density at radius 2 is 1.23 bits per heavy atom. The molecule has 14 aromatic rings. The Bertz CT molecular complexity index is 6590. The van der Waals surface area contributed by atoms with E-state index in [2.05, 4.69) is 45.7 Å². The van der Waals surface area contributed by atoms with Gasteiger partial charge in [-0.3, -0.25) is 33.7 Å². The summed E-state index contributed by atoms with van der Waals surface area (Å²) in [4.78, 5) is 80.2. The Labute approximate surface area is 761 Å². The van der Waals surface area contributed by atoms with E-state index in [0.29, 0.717) is 120 Å². The van der Waals surface area contributed by atoms with Crippen LogP contribution in [0.4, 0.5) is 29.3 Å². The maximum absolute atomic E-state index is 14.1. The van der Waals surface area contributed by atoms with Crippen LogP contribution < -0.4 is 10.6 Å². The fourth-order valence-electron chi connectivity index (χ4n) is 14.4. The number of pyridine rings is 1. The van der Waals surface area contributed by atoms with Crippen LogP contribution >= 0.6 is 34.8 Å². The number of imidazole rings is 1. The highest BCUT2D eigenvalue weighted by atomic mass is 35.5. The number of likely N-dealkylation sites (tertiary alicyclic amines) is 1. The van der Waals surface area contributed by atoms with Gasteiger partial charge in [-0.05, 0) is 231 Å². The van der Waals surface area contributed by atoms with Gasteiger partial charge in [0, 0.05) is 112 Å². The summed E-state index contributed by atoms with van der Waals surface area (Å²) in [5, 5.41) is 21.8. The van der Waals surface area contributed by atoms with Crippen molar-refractivity contribution in [3.63, 3.8) is 0 Å². The van der Waals surface area contributed by atoms with Crippen LogP contribution in [0.25, 0.3) is 56.7 Å². The first-order chi connectivity index (χ1) is 62.0. The molecule has 129 heavy (non-hydrogen) atoms. The number of nitrogens with one attached hydrogen (secondary N) is 2. The summed E-state index contributed by atoms with van der Waals surface area (Å²) in [6, 6.07) is 63.2. The first kappa shape index (κ1) is 94.7. The van der Waals surface area contributed by atoms with Crippen LogP contribution in [0.3, 0.4) is 0 Å². The normalized spacial score (nSPS) is 12.7. The number of hydrogen-bond donors (Lipinski definition) is 3. The van der Waals surface area contributed by atoms with Gasteiger partial charge in [0.2, 0.25) is 23.6 Å². The fourth-order valence-corrected chi connectivity index (χ4v) is 16.7. The number of nitrogens with zero attached hydrogens (tertiary/aromatic N) is 10. The molecule has 9 aromatic carbocycles. The number of amides is 3. The number of benzene rings is 9. The molecular formula is C99H87Cl3F4N12O9S2. The minimum absolute atomic E-state index is 0.0213. The number of carbonyl (C=O) groups excluding carboxylic acids is 4. The van der Waals surface area contributed by atoms with Gasteiger partial charge in [-0.1, -0.05) is 143 Å². The lowest BCUT2D eigenvalue weighted by molar-refractivity contribution is -0.135. The van der Waals surface area contributed by atoms with Gasteiger partial charge in [0.25, 0.3) is 0 Å². The molecule has 0 spiro atoms. The topological polar surface area (TPSA) is 288 Å². The molecule has 3 amide bonds. The third-order valence-electron chi connectivity index (χ3n) is 20.9. The lowest BCUT2D eigenvalue weighted by Crippen LogP contribution is -2.40. The van der Waals surface area contributed by atoms with Crippen molar-refractivity contribution < 1.29 is 59.0 Å². The number of anilines is 2. The molecule has 1 saturated heterocycles. The van der Waals surface area contributed by atoms with Crippen LogP contribution in [0, 0.1) is 56.9 Å². The van der Waals surface area contributed by atoms with E-state index < -0.39 is 39.0 Å². The number of ketones is 1. The van der Waals surface area contributed by atoms with Gasteiger partial charge in [-0.15, -0.1) is 0 Å². The Balaban J connectivity index is 0.000000147. The minimum Gasteiger partial charge on any atom is -0.387 e. The van der Waals surface area contributed by atoms with Gasteiger partial charge in [0.1, 0.15) is 54.0 Å². The Morgan fingerprint density at radius 3 is 1.84 bits per heavy atom. The number of halogens is 7. The molecule has 2 aliphatic rings. The molecule has 5 aromatic heterocycles. The number of aryl methyl sites for hydroxylation is 4. The number of allylic oxidation sites excluding steroid dienone is 1. The Kier molecular flexibility index (Phi) is 32.6. The van der Waals surface area contributed by atoms with Crippen molar-refractivity contribution in [3.05, 3.63) is 377 Å². The highest BCUT2D eigenvalue weighted by Gasteiger charge is 2.33. The zero-order valence-electron chi connectivity index (χ0n) is 71.0. The van der Waals surface area contributed by atoms with E-state index in [1.165, 1.54) is 72.9 Å². The number of aliphatic hydroxyl groups is 1. The summed E-state index contributed by atoms with van der Waals surface area (Å²) < 4.78 is 97.1. The Morgan fingerprint density at radius 1 is 0.620 bits per heavy atom. The minimum atomic E-state index is -3.28. The van der Waals surface area contributed by atoms with E-state index >= 15 is 0 Å². The van der Waals surface area contributed by atoms with Crippen molar-refractivity contribution in [3.8, 4) is 45.0 Å². The van der Waals surface area contributed by atoms with Crippen LogP contribution in [0.5, 0.6) is 0 Å². The van der Waals surface area contributed by atoms with Crippen LogP contribution in [0.15, 0.2) is 281 Å². The molecule has 1 fully saturated rings. The molecule has 0 radical (unpaired) electrons. The highest BCUT2D eigenvalue weighted by Crippen LogP contribution is 2.40. The molecule has 0 bridgehead atoms. The van der Waals surface area contributed by atoms with Crippen LogP contribution in [-0.2, 0) is 60.7 Å². The second kappa shape index (κ2) is 44.3. The molecular weight excluding hydrogens is 1750 g/mol. The van der Waals surface area contributed by atoms with E-state index in [4.69, 9.17) is 49.4 Å². The molecule has 0 saturated carbocycles. The number of rotatable bonds is 21. The smallest absolute Gasteiger partial charge is 0.248 e. The van der Waals surface area contributed by atoms with E-state index in [9.17, 15) is 49.4 Å². The zero-order chi connectivity index (χ0) is 92.0. The average molecular weight is 1840 g/mol. The molecule has 21 nitrogen and oxygen atoms in total. The summed E-state index contributed by atoms with van der Waals surface area (Å²) in [6.07, 6.45) is 13.1. The number of aliphatic hydroxyl groups excluding tert-OH is 1. The molecule has 30 heteroatoms. The van der Waals surface area contributed by atoms with Crippen molar-refractivity contribution >= 4 is 108 Å². The molecule has 658 valence electrons. The van der Waals surface area contributed by atoms with E-state index in [0.717, 1.165) is 79.9 Å². The summed E-state index contributed by atoms with van der Waals surface area (Å²) in [5.41, 5.74) is 18.4. The van der Waals surface area contributed by atoms with Gasteiger partial charge in [0.15, 0.2) is 20.8 Å². The first-order valence-electron chi connectivity index (χ1n) is 40.5. The lowest BCUT2D eigenvalue weighted by Gasteiger charge is -2.32. The van der Waals surface area contributed by atoms with Crippen molar-refractivity contribution in [2.75, 3.05) is 43.1 Å². The summed E-state index contributed by atoms with van der Waals surface area (Å²) in [6.45, 7) is 10.4. The Hall–Kier alpha value is -13.4. The van der Waals surface area contributed by atoms with Crippen LogP contribution in [0.2, 0.25) is 15.1 Å². The van der Waals surface area contributed by atoms with Crippen LogP contribution in [0.1, 0.15) is 97.0 Å². The molecule has 7 heterocycles.